The zero-order valence-corrected chi connectivity index (χ0v) is 18.0. The maximum atomic E-state index is 12.6. The molecule has 158 valence electrons. The summed E-state index contributed by atoms with van der Waals surface area (Å²) in [5.41, 5.74) is 1.87. The second-order valence-electron chi connectivity index (χ2n) is 7.55. The van der Waals surface area contributed by atoms with Gasteiger partial charge in [0, 0.05) is 24.4 Å². The molecule has 0 amide bonds. The van der Waals surface area contributed by atoms with Crippen molar-refractivity contribution in [1.29, 1.82) is 0 Å². The first-order chi connectivity index (χ1) is 14.2. The average Bonchev–Trinajstić information content (AvgIpc) is 2.74. The normalized spacial score (nSPS) is 10.8. The van der Waals surface area contributed by atoms with Crippen molar-refractivity contribution < 1.29 is 9.53 Å². The lowest BCUT2D eigenvalue weighted by atomic mass is 10.0. The standard InChI is InChI=1S/C25H35NO3/c1-3-5-6-7-8-9-10-11-15-18-26-20-23(25(28)29-4-2)22(19-24(26)27)21-16-13-12-14-17-21/h12-14,16-17,19-20H,3-11,15,18H2,1-2H3. The van der Waals surface area contributed by atoms with Gasteiger partial charge in [-0.25, -0.2) is 4.79 Å². The van der Waals surface area contributed by atoms with Crippen LogP contribution in [0.2, 0.25) is 0 Å². The zero-order valence-electron chi connectivity index (χ0n) is 18.0. The summed E-state index contributed by atoms with van der Waals surface area (Å²) in [6, 6.07) is 11.1. The van der Waals surface area contributed by atoms with Gasteiger partial charge >= 0.3 is 5.97 Å². The number of carbonyl (C=O) groups excluding carboxylic acids is 1. The van der Waals surface area contributed by atoms with Crippen molar-refractivity contribution in [1.82, 2.24) is 4.57 Å². The Morgan fingerprint density at radius 2 is 1.52 bits per heavy atom. The number of nitrogens with zero attached hydrogens (tertiary/aromatic N) is 1. The highest BCUT2D eigenvalue weighted by Crippen LogP contribution is 2.23. The molecular formula is C25H35NO3. The summed E-state index contributed by atoms with van der Waals surface area (Å²) in [4.78, 5) is 25.1. The number of hydrogen-bond acceptors (Lipinski definition) is 3. The molecule has 2 rings (SSSR count). The van der Waals surface area contributed by atoms with Gasteiger partial charge in [0.2, 0.25) is 0 Å². The molecule has 1 heterocycles. The molecule has 0 radical (unpaired) electrons. The van der Waals surface area contributed by atoms with Gasteiger partial charge in [0.1, 0.15) is 0 Å². The molecule has 0 spiro atoms. The molecule has 0 unspecified atom stereocenters. The lowest BCUT2D eigenvalue weighted by Crippen LogP contribution is -2.22. The van der Waals surface area contributed by atoms with Crippen LogP contribution < -0.4 is 5.56 Å². The Bertz CT molecular complexity index is 795. The van der Waals surface area contributed by atoms with E-state index in [1.165, 1.54) is 44.9 Å². The van der Waals surface area contributed by atoms with E-state index in [0.717, 1.165) is 18.4 Å². The van der Waals surface area contributed by atoms with E-state index in [9.17, 15) is 9.59 Å². The summed E-state index contributed by atoms with van der Waals surface area (Å²) < 4.78 is 6.88. The van der Waals surface area contributed by atoms with Gasteiger partial charge in [-0.2, -0.15) is 0 Å². The van der Waals surface area contributed by atoms with Crippen LogP contribution in [-0.2, 0) is 11.3 Å². The van der Waals surface area contributed by atoms with Crippen LogP contribution in [0.15, 0.2) is 47.4 Å². The van der Waals surface area contributed by atoms with Crippen LogP contribution in [-0.4, -0.2) is 17.1 Å². The van der Waals surface area contributed by atoms with E-state index in [-0.39, 0.29) is 11.5 Å². The van der Waals surface area contributed by atoms with Gasteiger partial charge in [0.15, 0.2) is 0 Å². The van der Waals surface area contributed by atoms with Crippen molar-refractivity contribution in [3.8, 4) is 11.1 Å². The van der Waals surface area contributed by atoms with E-state index in [0.29, 0.717) is 24.3 Å². The third-order valence-corrected chi connectivity index (χ3v) is 5.21. The third kappa shape index (κ3) is 7.52. The summed E-state index contributed by atoms with van der Waals surface area (Å²) in [5.74, 6) is -0.382. The van der Waals surface area contributed by atoms with Crippen LogP contribution in [0.3, 0.4) is 0 Å². The number of pyridine rings is 1. The van der Waals surface area contributed by atoms with Crippen molar-refractivity contribution in [2.24, 2.45) is 0 Å². The van der Waals surface area contributed by atoms with Gasteiger partial charge in [-0.05, 0) is 18.9 Å². The fourth-order valence-corrected chi connectivity index (χ4v) is 3.57. The van der Waals surface area contributed by atoms with Crippen LogP contribution in [0.1, 0.15) is 82.0 Å². The Morgan fingerprint density at radius 1 is 0.897 bits per heavy atom. The number of benzene rings is 1. The summed E-state index contributed by atoms with van der Waals surface area (Å²) in [5, 5.41) is 0. The van der Waals surface area contributed by atoms with E-state index in [1.807, 2.05) is 30.3 Å². The van der Waals surface area contributed by atoms with E-state index in [2.05, 4.69) is 6.92 Å². The van der Waals surface area contributed by atoms with Crippen molar-refractivity contribution in [3.05, 3.63) is 58.5 Å². The second kappa shape index (κ2) is 13.0. The SMILES string of the molecule is CCCCCCCCCCCn1cc(C(=O)OCC)c(-c2ccccc2)cc1=O. The van der Waals surface area contributed by atoms with Gasteiger partial charge in [0.05, 0.1) is 12.2 Å². The van der Waals surface area contributed by atoms with Crippen molar-refractivity contribution in [3.63, 3.8) is 0 Å². The molecule has 1 aromatic carbocycles. The molecule has 0 N–H and O–H groups in total. The summed E-state index contributed by atoms with van der Waals surface area (Å²) in [7, 11) is 0. The highest BCUT2D eigenvalue weighted by atomic mass is 16.5. The molecule has 0 atom stereocenters. The van der Waals surface area contributed by atoms with E-state index in [4.69, 9.17) is 4.74 Å². The first-order valence-corrected chi connectivity index (χ1v) is 11.1. The Hall–Kier alpha value is -2.36. The molecule has 29 heavy (non-hydrogen) atoms. The average molecular weight is 398 g/mol. The molecule has 0 bridgehead atoms. The molecule has 0 aliphatic heterocycles. The van der Waals surface area contributed by atoms with Crippen molar-refractivity contribution in [2.75, 3.05) is 6.61 Å². The molecule has 0 saturated heterocycles. The predicted octanol–water partition coefficient (Wildman–Crippen LogP) is 6.22. The predicted molar refractivity (Wildman–Crippen MR) is 119 cm³/mol. The van der Waals surface area contributed by atoms with Crippen molar-refractivity contribution in [2.45, 2.75) is 78.2 Å². The Morgan fingerprint density at radius 3 is 2.14 bits per heavy atom. The molecular weight excluding hydrogens is 362 g/mol. The number of ether oxygens (including phenoxy) is 1. The number of carbonyl (C=O) groups is 1. The molecule has 4 heteroatoms. The van der Waals surface area contributed by atoms with E-state index >= 15 is 0 Å². The maximum Gasteiger partial charge on any atom is 0.340 e. The van der Waals surface area contributed by atoms with Gasteiger partial charge < -0.3 is 9.30 Å². The number of esters is 1. The summed E-state index contributed by atoms with van der Waals surface area (Å²) >= 11 is 0. The lowest BCUT2D eigenvalue weighted by molar-refractivity contribution is 0.0526. The fourth-order valence-electron chi connectivity index (χ4n) is 3.57. The molecule has 0 aliphatic rings. The number of hydrogen-bond donors (Lipinski definition) is 0. The van der Waals surface area contributed by atoms with Gasteiger partial charge in [-0.15, -0.1) is 0 Å². The number of aromatic nitrogens is 1. The smallest absolute Gasteiger partial charge is 0.340 e. The molecule has 2 aromatic rings. The van der Waals surface area contributed by atoms with E-state index in [1.54, 1.807) is 23.8 Å². The molecule has 0 aliphatic carbocycles. The van der Waals surface area contributed by atoms with Crippen molar-refractivity contribution >= 4 is 5.97 Å². The minimum absolute atomic E-state index is 0.0727. The van der Waals surface area contributed by atoms with Crippen LogP contribution in [0.5, 0.6) is 0 Å². The van der Waals surface area contributed by atoms with Crippen LogP contribution in [0, 0.1) is 0 Å². The van der Waals surface area contributed by atoms with E-state index < -0.39 is 0 Å². The highest BCUT2D eigenvalue weighted by Gasteiger charge is 2.16. The Kier molecular flexibility index (Phi) is 10.3. The summed E-state index contributed by atoms with van der Waals surface area (Å²) in [6.45, 7) is 4.97. The second-order valence-corrected chi connectivity index (χ2v) is 7.55. The molecule has 1 aromatic heterocycles. The fraction of sp³-hybridized carbons (Fsp3) is 0.520. The monoisotopic (exact) mass is 397 g/mol. The van der Waals surface area contributed by atoms with Gasteiger partial charge in [-0.3, -0.25) is 4.79 Å². The largest absolute Gasteiger partial charge is 0.462 e. The van der Waals surface area contributed by atoms with Gasteiger partial charge in [-0.1, -0.05) is 88.6 Å². The van der Waals surface area contributed by atoms with Crippen LogP contribution in [0.4, 0.5) is 0 Å². The maximum absolute atomic E-state index is 12.6. The molecule has 0 fully saturated rings. The molecule has 0 saturated carbocycles. The third-order valence-electron chi connectivity index (χ3n) is 5.21. The minimum Gasteiger partial charge on any atom is -0.462 e. The molecule has 4 nitrogen and oxygen atoms in total. The first-order valence-electron chi connectivity index (χ1n) is 11.1. The quantitative estimate of drug-likeness (QED) is 0.298. The number of aryl methyl sites for hydroxylation is 1. The number of rotatable bonds is 13. The Labute approximate surface area is 174 Å². The zero-order chi connectivity index (χ0) is 20.9. The summed E-state index contributed by atoms with van der Waals surface area (Å²) in [6.07, 6.45) is 12.8. The van der Waals surface area contributed by atoms with Gasteiger partial charge in [0.25, 0.3) is 5.56 Å². The topological polar surface area (TPSA) is 48.3 Å². The highest BCUT2D eigenvalue weighted by molar-refractivity contribution is 5.96. The van der Waals surface area contributed by atoms with Crippen LogP contribution in [0.25, 0.3) is 11.1 Å². The lowest BCUT2D eigenvalue weighted by Gasteiger charge is -2.13. The first kappa shape index (κ1) is 22.9. The van der Waals surface area contributed by atoms with Crippen LogP contribution >= 0.6 is 0 Å². The Balaban J connectivity index is 1.99. The number of unbranched alkanes of at least 4 members (excludes halogenated alkanes) is 8. The minimum atomic E-state index is -0.382.